The molecule has 0 spiro atoms. The average molecular weight is 200 g/mol. The van der Waals surface area contributed by atoms with E-state index in [1.807, 2.05) is 23.9 Å². The third-order valence-corrected chi connectivity index (χ3v) is 3.55. The highest BCUT2D eigenvalue weighted by Crippen LogP contribution is 2.35. The van der Waals surface area contributed by atoms with Crippen molar-refractivity contribution >= 4 is 23.4 Å². The summed E-state index contributed by atoms with van der Waals surface area (Å²) in [6, 6.07) is 3.89. The summed E-state index contributed by atoms with van der Waals surface area (Å²) in [6.07, 6.45) is 5.78. The minimum atomic E-state index is 0.716. The van der Waals surface area contributed by atoms with Gasteiger partial charge in [0, 0.05) is 11.4 Å². The standard InChI is InChI=1S/C9H10ClNS/c10-7-4-5-9(11-6-7)12-8-2-1-3-8/h4-6,8H,1-3H2. The van der Waals surface area contributed by atoms with Crippen LogP contribution in [0.25, 0.3) is 0 Å². The van der Waals surface area contributed by atoms with Crippen molar-refractivity contribution in [2.75, 3.05) is 0 Å². The summed E-state index contributed by atoms with van der Waals surface area (Å²) in [5.74, 6) is 0. The van der Waals surface area contributed by atoms with Gasteiger partial charge in [-0.05, 0) is 25.0 Å². The van der Waals surface area contributed by atoms with Crippen LogP contribution in [0.2, 0.25) is 5.02 Å². The van der Waals surface area contributed by atoms with Crippen molar-refractivity contribution in [3.63, 3.8) is 0 Å². The number of hydrogen-bond donors (Lipinski definition) is 0. The normalized spacial score (nSPS) is 17.4. The number of aromatic nitrogens is 1. The zero-order valence-electron chi connectivity index (χ0n) is 6.66. The molecular formula is C9H10ClNS. The second-order valence-corrected chi connectivity index (χ2v) is 4.74. The molecule has 1 aliphatic carbocycles. The maximum atomic E-state index is 5.72. The molecule has 1 aromatic heterocycles. The molecule has 64 valence electrons. The van der Waals surface area contributed by atoms with Gasteiger partial charge in [-0.2, -0.15) is 0 Å². The van der Waals surface area contributed by atoms with Crippen molar-refractivity contribution in [2.45, 2.75) is 29.5 Å². The van der Waals surface area contributed by atoms with Crippen LogP contribution in [-0.2, 0) is 0 Å². The summed E-state index contributed by atoms with van der Waals surface area (Å²) in [5, 5.41) is 2.62. The van der Waals surface area contributed by atoms with Crippen molar-refractivity contribution in [1.29, 1.82) is 0 Å². The molecule has 1 nitrogen and oxygen atoms in total. The summed E-state index contributed by atoms with van der Waals surface area (Å²) in [7, 11) is 0. The molecule has 2 rings (SSSR count). The molecule has 1 saturated carbocycles. The van der Waals surface area contributed by atoms with Crippen LogP contribution in [0.15, 0.2) is 23.4 Å². The molecule has 12 heavy (non-hydrogen) atoms. The molecule has 1 fully saturated rings. The van der Waals surface area contributed by atoms with Crippen LogP contribution in [0.5, 0.6) is 0 Å². The molecule has 3 heteroatoms. The van der Waals surface area contributed by atoms with E-state index in [1.165, 1.54) is 19.3 Å². The van der Waals surface area contributed by atoms with Gasteiger partial charge >= 0.3 is 0 Å². The molecule has 0 saturated heterocycles. The molecule has 0 amide bonds. The molecule has 0 N–H and O–H groups in total. The number of pyridine rings is 1. The highest BCUT2D eigenvalue weighted by molar-refractivity contribution is 7.99. The molecular weight excluding hydrogens is 190 g/mol. The Morgan fingerprint density at radius 3 is 2.75 bits per heavy atom. The highest BCUT2D eigenvalue weighted by Gasteiger charge is 2.18. The average Bonchev–Trinajstić information content (AvgIpc) is 2.00. The summed E-state index contributed by atoms with van der Waals surface area (Å²) in [6.45, 7) is 0. The van der Waals surface area contributed by atoms with Gasteiger partial charge in [-0.1, -0.05) is 18.0 Å². The Kier molecular flexibility index (Phi) is 2.57. The number of rotatable bonds is 2. The minimum Gasteiger partial charge on any atom is -0.248 e. The fourth-order valence-electron chi connectivity index (χ4n) is 1.09. The smallest absolute Gasteiger partial charge is 0.0963 e. The van der Waals surface area contributed by atoms with Gasteiger partial charge in [-0.15, -0.1) is 11.8 Å². The van der Waals surface area contributed by atoms with Gasteiger partial charge in [0.2, 0.25) is 0 Å². The number of thioether (sulfide) groups is 1. The number of hydrogen-bond acceptors (Lipinski definition) is 2. The lowest BCUT2D eigenvalue weighted by molar-refractivity contribution is 0.521. The lowest BCUT2D eigenvalue weighted by atomic mass is 10.0. The van der Waals surface area contributed by atoms with Crippen LogP contribution >= 0.6 is 23.4 Å². The predicted octanol–water partition coefficient (Wildman–Crippen LogP) is 3.38. The van der Waals surface area contributed by atoms with Crippen LogP contribution < -0.4 is 0 Å². The van der Waals surface area contributed by atoms with E-state index in [0.717, 1.165) is 10.3 Å². The van der Waals surface area contributed by atoms with Gasteiger partial charge in [0.25, 0.3) is 0 Å². The van der Waals surface area contributed by atoms with Gasteiger partial charge in [0.15, 0.2) is 0 Å². The largest absolute Gasteiger partial charge is 0.248 e. The number of nitrogens with zero attached hydrogens (tertiary/aromatic N) is 1. The fourth-order valence-corrected chi connectivity index (χ4v) is 2.37. The quantitative estimate of drug-likeness (QED) is 0.725. The number of halogens is 1. The predicted molar refractivity (Wildman–Crippen MR) is 52.7 cm³/mol. The topological polar surface area (TPSA) is 12.9 Å². The van der Waals surface area contributed by atoms with Crippen molar-refractivity contribution in [1.82, 2.24) is 4.98 Å². The monoisotopic (exact) mass is 199 g/mol. The first-order valence-electron chi connectivity index (χ1n) is 4.13. The van der Waals surface area contributed by atoms with E-state index < -0.39 is 0 Å². The van der Waals surface area contributed by atoms with Gasteiger partial charge in [-0.3, -0.25) is 0 Å². The Hall–Kier alpha value is -0.210. The van der Waals surface area contributed by atoms with Gasteiger partial charge in [-0.25, -0.2) is 4.98 Å². The summed E-state index contributed by atoms with van der Waals surface area (Å²) in [4.78, 5) is 4.23. The van der Waals surface area contributed by atoms with Crippen LogP contribution in [0.4, 0.5) is 0 Å². The van der Waals surface area contributed by atoms with E-state index in [-0.39, 0.29) is 0 Å². The van der Waals surface area contributed by atoms with Gasteiger partial charge in [0.1, 0.15) is 0 Å². The maximum Gasteiger partial charge on any atom is 0.0963 e. The summed E-state index contributed by atoms with van der Waals surface area (Å²) < 4.78 is 0. The summed E-state index contributed by atoms with van der Waals surface area (Å²) >= 11 is 7.59. The van der Waals surface area contributed by atoms with E-state index in [4.69, 9.17) is 11.6 Å². The third-order valence-electron chi connectivity index (χ3n) is 2.04. The van der Waals surface area contributed by atoms with E-state index in [0.29, 0.717) is 5.02 Å². The van der Waals surface area contributed by atoms with Crippen molar-refractivity contribution < 1.29 is 0 Å². The van der Waals surface area contributed by atoms with Crippen LogP contribution in [0, 0.1) is 0 Å². The Labute approximate surface area is 81.5 Å². The Balaban J connectivity index is 1.98. The first kappa shape index (κ1) is 8.39. The zero-order chi connectivity index (χ0) is 8.39. The molecule has 1 aromatic rings. The van der Waals surface area contributed by atoms with Crippen molar-refractivity contribution in [3.05, 3.63) is 23.4 Å². The second-order valence-electron chi connectivity index (χ2n) is 2.99. The molecule has 0 aliphatic heterocycles. The Morgan fingerprint density at radius 2 is 2.25 bits per heavy atom. The molecule has 0 radical (unpaired) electrons. The van der Waals surface area contributed by atoms with Crippen LogP contribution in [0.3, 0.4) is 0 Å². The molecule has 0 atom stereocenters. The Bertz CT molecular complexity index is 256. The van der Waals surface area contributed by atoms with Gasteiger partial charge < -0.3 is 0 Å². The Morgan fingerprint density at radius 1 is 1.42 bits per heavy atom. The second kappa shape index (κ2) is 3.67. The maximum absolute atomic E-state index is 5.72. The first-order chi connectivity index (χ1) is 5.84. The summed E-state index contributed by atoms with van der Waals surface area (Å²) in [5.41, 5.74) is 0. The first-order valence-corrected chi connectivity index (χ1v) is 5.38. The van der Waals surface area contributed by atoms with E-state index in [2.05, 4.69) is 4.98 Å². The van der Waals surface area contributed by atoms with Gasteiger partial charge in [0.05, 0.1) is 10.0 Å². The zero-order valence-corrected chi connectivity index (χ0v) is 8.24. The molecule has 0 aromatic carbocycles. The molecule has 1 aliphatic rings. The lowest BCUT2D eigenvalue weighted by Crippen LogP contribution is -2.12. The SMILES string of the molecule is Clc1ccc(SC2CCC2)nc1. The highest BCUT2D eigenvalue weighted by atomic mass is 35.5. The fraction of sp³-hybridized carbons (Fsp3) is 0.444. The molecule has 0 bridgehead atoms. The third kappa shape index (κ3) is 1.93. The van der Waals surface area contributed by atoms with Crippen LogP contribution in [-0.4, -0.2) is 10.2 Å². The minimum absolute atomic E-state index is 0.716. The van der Waals surface area contributed by atoms with E-state index in [1.54, 1.807) is 6.20 Å². The van der Waals surface area contributed by atoms with E-state index in [9.17, 15) is 0 Å². The van der Waals surface area contributed by atoms with Crippen LogP contribution in [0.1, 0.15) is 19.3 Å². The molecule has 1 heterocycles. The van der Waals surface area contributed by atoms with E-state index >= 15 is 0 Å². The van der Waals surface area contributed by atoms with Crippen molar-refractivity contribution in [3.8, 4) is 0 Å². The van der Waals surface area contributed by atoms with Crippen molar-refractivity contribution in [2.24, 2.45) is 0 Å². The molecule has 0 unspecified atom stereocenters. The lowest BCUT2D eigenvalue weighted by Gasteiger charge is -2.23.